The van der Waals surface area contributed by atoms with E-state index in [0.717, 1.165) is 0 Å². The predicted octanol–water partition coefficient (Wildman–Crippen LogP) is 1.25. The molecular weight excluding hydrogens is 176 g/mol. The molecule has 1 heterocycles. The van der Waals surface area contributed by atoms with Crippen LogP contribution < -0.4 is 5.73 Å². The molecule has 5 heteroatoms. The van der Waals surface area contributed by atoms with Gasteiger partial charge in [0.1, 0.15) is 0 Å². The molecule has 1 aromatic rings. The van der Waals surface area contributed by atoms with Gasteiger partial charge in [0.05, 0.1) is 11.7 Å². The van der Waals surface area contributed by atoms with Gasteiger partial charge in [-0.25, -0.2) is 8.78 Å². The Morgan fingerprint density at radius 2 is 2.23 bits per heavy atom. The lowest BCUT2D eigenvalue weighted by Gasteiger charge is -2.08. The van der Waals surface area contributed by atoms with Gasteiger partial charge < -0.3 is 5.73 Å². The summed E-state index contributed by atoms with van der Waals surface area (Å²) in [5.74, 6) is 0. The molecule has 0 spiro atoms. The van der Waals surface area contributed by atoms with E-state index in [9.17, 15) is 8.78 Å². The third-order valence-corrected chi connectivity index (χ3v) is 1.90. The van der Waals surface area contributed by atoms with Crippen LogP contribution in [0.2, 0.25) is 0 Å². The zero-order chi connectivity index (χ0) is 10.0. The van der Waals surface area contributed by atoms with Crippen molar-refractivity contribution in [2.75, 3.05) is 0 Å². The molecule has 1 rings (SSSR count). The molecular formula is C8H13F2N3. The maximum absolute atomic E-state index is 12.3. The number of nitrogens with two attached hydrogens (primary N) is 1. The maximum Gasteiger partial charge on any atom is 0.257 e. The minimum Gasteiger partial charge on any atom is -0.319 e. The van der Waals surface area contributed by atoms with E-state index in [2.05, 4.69) is 5.10 Å². The summed E-state index contributed by atoms with van der Waals surface area (Å²) in [6, 6.07) is -1.22. The fourth-order valence-electron chi connectivity index (χ4n) is 1.24. The fraction of sp³-hybridized carbons (Fsp3) is 0.625. The zero-order valence-corrected chi connectivity index (χ0v) is 7.67. The van der Waals surface area contributed by atoms with Gasteiger partial charge >= 0.3 is 0 Å². The molecule has 0 aromatic carbocycles. The Bertz CT molecular complexity index is 283. The first-order valence-corrected chi connectivity index (χ1v) is 4.12. The summed E-state index contributed by atoms with van der Waals surface area (Å²) in [6.45, 7) is 1.87. The van der Waals surface area contributed by atoms with Crippen LogP contribution in [0.5, 0.6) is 0 Å². The van der Waals surface area contributed by atoms with E-state index >= 15 is 0 Å². The van der Waals surface area contributed by atoms with E-state index in [4.69, 9.17) is 5.73 Å². The van der Waals surface area contributed by atoms with Crippen LogP contribution in [0.4, 0.5) is 8.78 Å². The van der Waals surface area contributed by atoms with Crippen molar-refractivity contribution >= 4 is 0 Å². The van der Waals surface area contributed by atoms with Gasteiger partial charge in [-0.1, -0.05) is 6.92 Å². The number of aromatic nitrogens is 2. The molecule has 0 saturated carbocycles. The van der Waals surface area contributed by atoms with Gasteiger partial charge in [0, 0.05) is 18.8 Å². The van der Waals surface area contributed by atoms with E-state index in [1.54, 1.807) is 13.2 Å². The average Bonchev–Trinajstić information content (AvgIpc) is 2.45. The van der Waals surface area contributed by atoms with Crippen molar-refractivity contribution in [2.24, 2.45) is 12.8 Å². The standard InChI is InChI=1S/C8H13F2N3/c1-3-6-5(4-13(2)12-6)7(11)8(9)10/h4,7-8H,3,11H2,1-2H3. The quantitative estimate of drug-likeness (QED) is 0.777. The molecule has 1 aromatic heterocycles. The number of nitrogens with zero attached hydrogens (tertiary/aromatic N) is 2. The summed E-state index contributed by atoms with van der Waals surface area (Å²) in [6.07, 6.45) is -0.360. The Balaban J connectivity index is 2.98. The second kappa shape index (κ2) is 3.83. The van der Waals surface area contributed by atoms with Crippen molar-refractivity contribution < 1.29 is 8.78 Å². The lowest BCUT2D eigenvalue weighted by atomic mass is 10.1. The smallest absolute Gasteiger partial charge is 0.257 e. The molecule has 0 saturated heterocycles. The van der Waals surface area contributed by atoms with Crippen molar-refractivity contribution in [3.63, 3.8) is 0 Å². The van der Waals surface area contributed by atoms with Gasteiger partial charge in [-0.2, -0.15) is 5.10 Å². The largest absolute Gasteiger partial charge is 0.319 e. The van der Waals surface area contributed by atoms with E-state index < -0.39 is 12.5 Å². The van der Waals surface area contributed by atoms with Crippen LogP contribution in [0.1, 0.15) is 24.2 Å². The Morgan fingerprint density at radius 1 is 1.62 bits per heavy atom. The van der Waals surface area contributed by atoms with E-state index in [1.807, 2.05) is 6.92 Å². The van der Waals surface area contributed by atoms with Crippen LogP contribution >= 0.6 is 0 Å². The molecule has 0 radical (unpaired) electrons. The van der Waals surface area contributed by atoms with E-state index in [-0.39, 0.29) is 0 Å². The van der Waals surface area contributed by atoms with Gasteiger partial charge in [-0.15, -0.1) is 0 Å². The van der Waals surface area contributed by atoms with Crippen molar-refractivity contribution in [1.82, 2.24) is 9.78 Å². The van der Waals surface area contributed by atoms with Crippen LogP contribution in [0.15, 0.2) is 6.20 Å². The molecule has 0 aliphatic heterocycles. The first-order chi connectivity index (χ1) is 6.06. The Kier molecular flexibility index (Phi) is 2.98. The minimum absolute atomic E-state index is 0.444. The van der Waals surface area contributed by atoms with Gasteiger partial charge in [0.15, 0.2) is 0 Å². The molecule has 0 aliphatic rings. The topological polar surface area (TPSA) is 43.8 Å². The highest BCUT2D eigenvalue weighted by Crippen LogP contribution is 2.20. The van der Waals surface area contributed by atoms with Crippen LogP contribution in [0, 0.1) is 0 Å². The summed E-state index contributed by atoms with van der Waals surface area (Å²) < 4.78 is 26.1. The predicted molar refractivity (Wildman–Crippen MR) is 45.5 cm³/mol. The third-order valence-electron chi connectivity index (χ3n) is 1.90. The van der Waals surface area contributed by atoms with Crippen LogP contribution in [-0.4, -0.2) is 16.2 Å². The lowest BCUT2D eigenvalue weighted by Crippen LogP contribution is -2.19. The molecule has 1 atom stereocenters. The highest BCUT2D eigenvalue weighted by Gasteiger charge is 2.22. The second-order valence-corrected chi connectivity index (χ2v) is 2.92. The lowest BCUT2D eigenvalue weighted by molar-refractivity contribution is 0.116. The number of aryl methyl sites for hydroxylation is 2. The Morgan fingerprint density at radius 3 is 2.69 bits per heavy atom. The highest BCUT2D eigenvalue weighted by atomic mass is 19.3. The minimum atomic E-state index is -2.53. The zero-order valence-electron chi connectivity index (χ0n) is 7.67. The van der Waals surface area contributed by atoms with Gasteiger partial charge in [0.25, 0.3) is 6.43 Å². The highest BCUT2D eigenvalue weighted by molar-refractivity contribution is 5.21. The Labute approximate surface area is 75.5 Å². The average molecular weight is 189 g/mol. The van der Waals surface area contributed by atoms with Crippen LogP contribution in [-0.2, 0) is 13.5 Å². The molecule has 3 nitrogen and oxygen atoms in total. The molecule has 13 heavy (non-hydrogen) atoms. The van der Waals surface area contributed by atoms with Crippen molar-refractivity contribution in [2.45, 2.75) is 25.8 Å². The number of rotatable bonds is 3. The maximum atomic E-state index is 12.3. The molecule has 2 N–H and O–H groups in total. The molecule has 0 amide bonds. The van der Waals surface area contributed by atoms with Crippen LogP contribution in [0.3, 0.4) is 0 Å². The first kappa shape index (κ1) is 10.1. The molecule has 0 fully saturated rings. The summed E-state index contributed by atoms with van der Waals surface area (Å²) in [5, 5.41) is 4.04. The Hall–Kier alpha value is -0.970. The molecule has 0 aliphatic carbocycles. The number of alkyl halides is 2. The van der Waals surface area contributed by atoms with Gasteiger partial charge in [-0.3, -0.25) is 4.68 Å². The third kappa shape index (κ3) is 2.03. The molecule has 1 unspecified atom stereocenters. The summed E-state index contributed by atoms with van der Waals surface area (Å²) >= 11 is 0. The van der Waals surface area contributed by atoms with E-state index in [1.165, 1.54) is 4.68 Å². The first-order valence-electron chi connectivity index (χ1n) is 4.12. The van der Waals surface area contributed by atoms with Crippen molar-refractivity contribution in [1.29, 1.82) is 0 Å². The molecule has 74 valence electrons. The second-order valence-electron chi connectivity index (χ2n) is 2.92. The summed E-state index contributed by atoms with van der Waals surface area (Å²) in [4.78, 5) is 0. The monoisotopic (exact) mass is 189 g/mol. The normalized spacial score (nSPS) is 13.7. The number of halogens is 2. The SMILES string of the molecule is CCc1nn(C)cc1C(N)C(F)F. The number of hydrogen-bond donors (Lipinski definition) is 1. The van der Waals surface area contributed by atoms with Gasteiger partial charge in [0.2, 0.25) is 0 Å². The number of hydrogen-bond acceptors (Lipinski definition) is 2. The van der Waals surface area contributed by atoms with Crippen molar-refractivity contribution in [3.05, 3.63) is 17.5 Å². The fourth-order valence-corrected chi connectivity index (χ4v) is 1.24. The van der Waals surface area contributed by atoms with Gasteiger partial charge in [-0.05, 0) is 6.42 Å². The van der Waals surface area contributed by atoms with Crippen LogP contribution in [0.25, 0.3) is 0 Å². The van der Waals surface area contributed by atoms with Crippen molar-refractivity contribution in [3.8, 4) is 0 Å². The summed E-state index contributed by atoms with van der Waals surface area (Å²) in [5.41, 5.74) is 6.42. The molecule has 0 bridgehead atoms. The summed E-state index contributed by atoms with van der Waals surface area (Å²) in [7, 11) is 1.70. The van der Waals surface area contributed by atoms with E-state index in [0.29, 0.717) is 17.7 Å².